The minimum atomic E-state index is -0.674. The normalized spacial score (nSPS) is 16.2. The first-order valence-electron chi connectivity index (χ1n) is 12.7. The highest BCUT2D eigenvalue weighted by molar-refractivity contribution is 6.10. The molecule has 0 bridgehead atoms. The van der Waals surface area contributed by atoms with E-state index in [1.54, 1.807) is 6.92 Å². The van der Waals surface area contributed by atoms with Gasteiger partial charge in [0.25, 0.3) is 0 Å². The number of rotatable bonds is 4. The third kappa shape index (κ3) is 3.69. The minimum absolute atomic E-state index is 0.0113. The van der Waals surface area contributed by atoms with Crippen LogP contribution in [0.15, 0.2) is 48.7 Å². The van der Waals surface area contributed by atoms with Crippen molar-refractivity contribution < 1.29 is 14.3 Å². The zero-order chi connectivity index (χ0) is 25.2. The zero-order valence-electron chi connectivity index (χ0n) is 21.6. The summed E-state index contributed by atoms with van der Waals surface area (Å²) in [6, 6.07) is 14.8. The van der Waals surface area contributed by atoms with E-state index in [1.807, 2.05) is 27.0 Å². The van der Waals surface area contributed by atoms with Crippen LogP contribution < -0.4 is 4.74 Å². The van der Waals surface area contributed by atoms with Crippen LogP contribution in [0.2, 0.25) is 0 Å². The molecule has 4 aromatic rings. The first kappa shape index (κ1) is 23.1. The second kappa shape index (κ2) is 8.39. The van der Waals surface area contributed by atoms with Gasteiger partial charge >= 0.3 is 0 Å². The third-order valence-electron chi connectivity index (χ3n) is 7.28. The number of aromatic nitrogens is 1. The highest BCUT2D eigenvalue weighted by atomic mass is 16.5. The molecule has 2 aliphatic heterocycles. The van der Waals surface area contributed by atoms with Crippen molar-refractivity contribution in [1.82, 2.24) is 9.88 Å². The molecule has 1 aromatic heterocycles. The van der Waals surface area contributed by atoms with E-state index < -0.39 is 11.7 Å². The summed E-state index contributed by atoms with van der Waals surface area (Å²) < 4.78 is 12.6. The van der Waals surface area contributed by atoms with Gasteiger partial charge in [-0.25, -0.2) is 0 Å². The van der Waals surface area contributed by atoms with Crippen molar-refractivity contribution in [2.75, 3.05) is 13.7 Å². The number of hydrogen-bond donors (Lipinski definition) is 0. The molecule has 0 amide bonds. The number of benzene rings is 3. The summed E-state index contributed by atoms with van der Waals surface area (Å²) in [5.41, 5.74) is 7.23. The Kier molecular flexibility index (Phi) is 5.39. The topological polar surface area (TPSA) is 51.7 Å². The van der Waals surface area contributed by atoms with Gasteiger partial charge in [0.1, 0.15) is 11.9 Å². The highest BCUT2D eigenvalue weighted by Crippen LogP contribution is 2.48. The Bertz CT molecular complexity index is 1520. The van der Waals surface area contributed by atoms with Crippen molar-refractivity contribution in [3.8, 4) is 16.9 Å². The van der Waals surface area contributed by atoms with Gasteiger partial charge in [-0.2, -0.15) is 0 Å². The number of ether oxygens (including phenoxy) is 2. The predicted molar refractivity (Wildman–Crippen MR) is 143 cm³/mol. The molecular weight excluding hydrogens is 448 g/mol. The van der Waals surface area contributed by atoms with E-state index in [9.17, 15) is 4.79 Å². The van der Waals surface area contributed by atoms with Gasteiger partial charge in [-0.3, -0.25) is 14.7 Å². The monoisotopic (exact) mass is 480 g/mol. The Morgan fingerprint density at radius 1 is 1.06 bits per heavy atom. The fourth-order valence-electron chi connectivity index (χ4n) is 5.92. The molecule has 5 heteroatoms. The van der Waals surface area contributed by atoms with Gasteiger partial charge in [0.2, 0.25) is 0 Å². The van der Waals surface area contributed by atoms with E-state index in [1.165, 1.54) is 22.1 Å². The molecule has 3 heterocycles. The SMILES string of the molecule is CC(=O)C(OC(C)(C)C)c1c2c(c3ccccc3c1-c1ccc3c4c(ccnc14)CCO3)CN(C)C2. The molecule has 1 unspecified atom stereocenters. The molecule has 0 radical (unpaired) electrons. The molecule has 0 fully saturated rings. The predicted octanol–water partition coefficient (Wildman–Crippen LogP) is 6.38. The molecule has 0 spiro atoms. The van der Waals surface area contributed by atoms with Gasteiger partial charge in [0.05, 0.1) is 17.7 Å². The lowest BCUT2D eigenvalue weighted by atomic mass is 9.82. The van der Waals surface area contributed by atoms with Gasteiger partial charge in [-0.05, 0) is 86.0 Å². The number of pyridine rings is 1. The number of Topliss-reactive ketones (excluding diaryl/α,β-unsaturated/α-hetero) is 1. The van der Waals surface area contributed by atoms with Crippen LogP contribution in [0.5, 0.6) is 5.75 Å². The maximum atomic E-state index is 13.3. The van der Waals surface area contributed by atoms with Crippen molar-refractivity contribution in [3.63, 3.8) is 0 Å². The van der Waals surface area contributed by atoms with Gasteiger partial charge in [0, 0.05) is 42.2 Å². The molecule has 184 valence electrons. The Balaban J connectivity index is 1.77. The minimum Gasteiger partial charge on any atom is -0.493 e. The molecule has 36 heavy (non-hydrogen) atoms. The number of ketones is 1. The fourth-order valence-corrected chi connectivity index (χ4v) is 5.92. The first-order valence-corrected chi connectivity index (χ1v) is 12.7. The molecule has 3 aromatic carbocycles. The van der Waals surface area contributed by atoms with E-state index in [4.69, 9.17) is 14.5 Å². The molecule has 5 nitrogen and oxygen atoms in total. The molecule has 0 N–H and O–H groups in total. The van der Waals surface area contributed by atoms with Crippen LogP contribution >= 0.6 is 0 Å². The van der Waals surface area contributed by atoms with E-state index in [0.29, 0.717) is 6.61 Å². The van der Waals surface area contributed by atoms with Crippen molar-refractivity contribution >= 4 is 27.5 Å². The lowest BCUT2D eigenvalue weighted by Crippen LogP contribution is -2.27. The van der Waals surface area contributed by atoms with Crippen molar-refractivity contribution in [2.45, 2.75) is 58.9 Å². The maximum absolute atomic E-state index is 13.3. The van der Waals surface area contributed by atoms with Crippen LogP contribution in [0.25, 0.3) is 32.8 Å². The van der Waals surface area contributed by atoms with Crippen molar-refractivity contribution in [2.24, 2.45) is 0 Å². The summed E-state index contributed by atoms with van der Waals surface area (Å²) in [5, 5.41) is 3.43. The highest BCUT2D eigenvalue weighted by Gasteiger charge is 2.35. The van der Waals surface area contributed by atoms with Crippen molar-refractivity contribution in [3.05, 3.63) is 70.9 Å². The lowest BCUT2D eigenvalue weighted by molar-refractivity contribution is -0.138. The average Bonchev–Trinajstić information content (AvgIpc) is 3.23. The molecular formula is C31H32N2O3. The Labute approximate surface area is 212 Å². The quantitative estimate of drug-likeness (QED) is 0.339. The Hall–Kier alpha value is -3.28. The Morgan fingerprint density at radius 2 is 1.81 bits per heavy atom. The van der Waals surface area contributed by atoms with Gasteiger partial charge in [0.15, 0.2) is 5.78 Å². The molecule has 0 aliphatic carbocycles. The molecule has 6 rings (SSSR count). The van der Waals surface area contributed by atoms with Gasteiger partial charge in [-0.1, -0.05) is 24.3 Å². The van der Waals surface area contributed by atoms with Gasteiger partial charge in [-0.15, -0.1) is 0 Å². The third-order valence-corrected chi connectivity index (χ3v) is 7.28. The number of carbonyl (C=O) groups excluding carboxylic acids is 1. The first-order chi connectivity index (χ1) is 17.2. The van der Waals surface area contributed by atoms with E-state index in [0.717, 1.165) is 58.2 Å². The summed E-state index contributed by atoms with van der Waals surface area (Å²) in [7, 11) is 2.13. The standard InChI is InChI=1S/C31H32N2O3/c1-18(34)30(36-31(2,3)4)28-24-17-33(5)16-23(24)20-8-6-7-9-21(20)27(28)22-10-11-25-26-19(13-15-35-25)12-14-32-29(22)26/h6-12,14,30H,13,15-17H2,1-5H3. The number of hydrogen-bond acceptors (Lipinski definition) is 5. The Morgan fingerprint density at radius 3 is 2.56 bits per heavy atom. The number of nitrogens with zero attached hydrogens (tertiary/aromatic N) is 2. The van der Waals surface area contributed by atoms with Crippen LogP contribution in [0.3, 0.4) is 0 Å². The summed E-state index contributed by atoms with van der Waals surface area (Å²) in [6.45, 7) is 9.98. The molecule has 2 aliphatic rings. The van der Waals surface area contributed by atoms with Crippen molar-refractivity contribution in [1.29, 1.82) is 0 Å². The van der Waals surface area contributed by atoms with Crippen LogP contribution in [0.4, 0.5) is 0 Å². The van der Waals surface area contributed by atoms with Gasteiger partial charge < -0.3 is 9.47 Å². The van der Waals surface area contributed by atoms with Crippen LogP contribution in [0.1, 0.15) is 56.1 Å². The average molecular weight is 481 g/mol. The molecule has 1 atom stereocenters. The summed E-state index contributed by atoms with van der Waals surface area (Å²) in [4.78, 5) is 20.5. The van der Waals surface area contributed by atoms with Crippen LogP contribution in [-0.2, 0) is 29.0 Å². The summed E-state index contributed by atoms with van der Waals surface area (Å²) >= 11 is 0. The summed E-state index contributed by atoms with van der Waals surface area (Å²) in [5.74, 6) is 0.890. The largest absolute Gasteiger partial charge is 0.493 e. The number of fused-ring (bicyclic) bond motifs is 3. The summed E-state index contributed by atoms with van der Waals surface area (Å²) in [6.07, 6.45) is 2.08. The van der Waals surface area contributed by atoms with E-state index in [2.05, 4.69) is 54.4 Å². The number of carbonyl (C=O) groups is 1. The zero-order valence-corrected chi connectivity index (χ0v) is 21.6. The lowest BCUT2D eigenvalue weighted by Gasteiger charge is -2.30. The van der Waals surface area contributed by atoms with Crippen LogP contribution in [0, 0.1) is 0 Å². The van der Waals surface area contributed by atoms with E-state index >= 15 is 0 Å². The molecule has 0 saturated carbocycles. The van der Waals surface area contributed by atoms with E-state index in [-0.39, 0.29) is 5.78 Å². The van der Waals surface area contributed by atoms with Crippen LogP contribution in [-0.4, -0.2) is 34.9 Å². The molecule has 0 saturated heterocycles. The maximum Gasteiger partial charge on any atom is 0.163 e. The smallest absolute Gasteiger partial charge is 0.163 e. The fraction of sp³-hybridized carbons (Fsp3) is 0.355. The second-order valence-electron chi connectivity index (χ2n) is 11.1. The second-order valence-corrected chi connectivity index (χ2v) is 11.1.